The van der Waals surface area contributed by atoms with Crippen LogP contribution < -0.4 is 19.7 Å². The Morgan fingerprint density at radius 1 is 1.12 bits per heavy atom. The SMILES string of the molecule is CCOc1ccc(Oc2cncc(N3CC4CNC(C4)C3)c2)cc1. The molecule has 3 heterocycles. The minimum Gasteiger partial charge on any atom is -0.494 e. The Morgan fingerprint density at radius 3 is 2.75 bits per heavy atom. The quantitative estimate of drug-likeness (QED) is 0.915. The summed E-state index contributed by atoms with van der Waals surface area (Å²) in [4.78, 5) is 6.78. The van der Waals surface area contributed by atoms with Gasteiger partial charge in [0.05, 0.1) is 24.7 Å². The van der Waals surface area contributed by atoms with Gasteiger partial charge in [-0.15, -0.1) is 0 Å². The van der Waals surface area contributed by atoms with Crippen LogP contribution in [0.15, 0.2) is 42.7 Å². The Labute approximate surface area is 142 Å². The number of hydrogen-bond acceptors (Lipinski definition) is 5. The zero-order valence-corrected chi connectivity index (χ0v) is 13.9. The molecule has 0 aliphatic carbocycles. The number of rotatable bonds is 5. The van der Waals surface area contributed by atoms with Crippen LogP contribution in [-0.2, 0) is 0 Å². The highest BCUT2D eigenvalue weighted by Crippen LogP contribution is 2.30. The standard InChI is InChI=1S/C19H23N3O2/c1-2-23-17-3-5-18(6-4-17)24-19-8-16(10-20-11-19)22-12-14-7-15(13-22)21-9-14/h3-6,8,10-11,14-15,21H,2,7,9,12-13H2,1H3. The predicted molar refractivity (Wildman–Crippen MR) is 94.0 cm³/mol. The number of ether oxygens (including phenoxy) is 2. The molecule has 4 rings (SSSR count). The van der Waals surface area contributed by atoms with E-state index in [4.69, 9.17) is 9.47 Å². The van der Waals surface area contributed by atoms with Crippen LogP contribution in [0.2, 0.25) is 0 Å². The molecular formula is C19H23N3O2. The van der Waals surface area contributed by atoms with Gasteiger partial charge in [0.2, 0.25) is 0 Å². The van der Waals surface area contributed by atoms with Crippen molar-refractivity contribution < 1.29 is 9.47 Å². The number of aromatic nitrogens is 1. The highest BCUT2D eigenvalue weighted by Gasteiger charge is 2.32. The molecule has 5 heteroatoms. The molecule has 1 aromatic carbocycles. The number of nitrogens with zero attached hydrogens (tertiary/aromatic N) is 2. The second-order valence-electron chi connectivity index (χ2n) is 6.50. The van der Waals surface area contributed by atoms with Gasteiger partial charge in [-0.05, 0) is 43.5 Å². The molecule has 2 atom stereocenters. The van der Waals surface area contributed by atoms with Crippen LogP contribution in [0, 0.1) is 5.92 Å². The van der Waals surface area contributed by atoms with E-state index in [1.807, 2.05) is 37.4 Å². The number of nitrogens with one attached hydrogen (secondary N) is 1. The van der Waals surface area contributed by atoms with Crippen LogP contribution in [0.1, 0.15) is 13.3 Å². The van der Waals surface area contributed by atoms with Crippen molar-refractivity contribution in [2.24, 2.45) is 5.92 Å². The van der Waals surface area contributed by atoms with Crippen molar-refractivity contribution in [2.75, 3.05) is 31.1 Å². The van der Waals surface area contributed by atoms with Crippen molar-refractivity contribution in [2.45, 2.75) is 19.4 Å². The largest absolute Gasteiger partial charge is 0.494 e. The highest BCUT2D eigenvalue weighted by atomic mass is 16.5. The molecule has 24 heavy (non-hydrogen) atoms. The number of benzene rings is 1. The first-order chi connectivity index (χ1) is 11.8. The first-order valence-corrected chi connectivity index (χ1v) is 8.64. The van der Waals surface area contributed by atoms with Crippen molar-refractivity contribution in [3.63, 3.8) is 0 Å². The van der Waals surface area contributed by atoms with Crippen LogP contribution in [0.3, 0.4) is 0 Å². The van der Waals surface area contributed by atoms with E-state index in [1.54, 1.807) is 6.20 Å². The van der Waals surface area contributed by atoms with Crippen molar-refractivity contribution in [1.29, 1.82) is 0 Å². The van der Waals surface area contributed by atoms with Crippen LogP contribution in [0.4, 0.5) is 5.69 Å². The Morgan fingerprint density at radius 2 is 1.96 bits per heavy atom. The lowest BCUT2D eigenvalue weighted by Crippen LogP contribution is -2.41. The predicted octanol–water partition coefficient (Wildman–Crippen LogP) is 3.07. The molecule has 2 saturated heterocycles. The maximum absolute atomic E-state index is 5.95. The second kappa shape index (κ2) is 6.69. The summed E-state index contributed by atoms with van der Waals surface area (Å²) in [5.41, 5.74) is 1.14. The van der Waals surface area contributed by atoms with E-state index in [2.05, 4.69) is 21.3 Å². The second-order valence-corrected chi connectivity index (χ2v) is 6.50. The maximum atomic E-state index is 5.95. The molecule has 0 amide bonds. The lowest BCUT2D eigenvalue weighted by Gasteiger charge is -2.32. The Balaban J connectivity index is 1.46. The van der Waals surface area contributed by atoms with Crippen molar-refractivity contribution >= 4 is 5.69 Å². The maximum Gasteiger partial charge on any atom is 0.147 e. The number of anilines is 1. The fourth-order valence-electron chi connectivity index (χ4n) is 3.59. The summed E-state index contributed by atoms with van der Waals surface area (Å²) in [5.74, 6) is 3.16. The third-order valence-corrected chi connectivity index (χ3v) is 4.67. The molecule has 2 aliphatic heterocycles. The summed E-state index contributed by atoms with van der Waals surface area (Å²) in [6.07, 6.45) is 4.98. The lowest BCUT2D eigenvalue weighted by atomic mass is 10.00. The molecule has 1 aromatic heterocycles. The molecule has 5 nitrogen and oxygen atoms in total. The van der Waals surface area contributed by atoms with Crippen LogP contribution in [0.5, 0.6) is 17.2 Å². The van der Waals surface area contributed by atoms with E-state index in [0.29, 0.717) is 12.6 Å². The van der Waals surface area contributed by atoms with Crippen LogP contribution >= 0.6 is 0 Å². The zero-order chi connectivity index (χ0) is 16.4. The first-order valence-electron chi connectivity index (χ1n) is 8.64. The molecular weight excluding hydrogens is 302 g/mol. The summed E-state index contributed by atoms with van der Waals surface area (Å²) in [6.45, 7) is 5.92. The van der Waals surface area contributed by atoms with Crippen LogP contribution in [-0.4, -0.2) is 37.3 Å². The Kier molecular flexibility index (Phi) is 4.26. The normalized spacial score (nSPS) is 22.5. The van der Waals surface area contributed by atoms with E-state index in [-0.39, 0.29) is 0 Å². The molecule has 2 aromatic rings. The van der Waals surface area contributed by atoms with Gasteiger partial charge in [-0.25, -0.2) is 0 Å². The fourth-order valence-corrected chi connectivity index (χ4v) is 3.59. The molecule has 2 bridgehead atoms. The summed E-state index contributed by atoms with van der Waals surface area (Å²) >= 11 is 0. The highest BCUT2D eigenvalue weighted by molar-refractivity contribution is 5.50. The van der Waals surface area contributed by atoms with Crippen molar-refractivity contribution in [1.82, 2.24) is 10.3 Å². The van der Waals surface area contributed by atoms with Gasteiger partial charge in [-0.1, -0.05) is 0 Å². The van der Waals surface area contributed by atoms with Gasteiger partial charge in [0.1, 0.15) is 17.2 Å². The van der Waals surface area contributed by atoms with E-state index in [9.17, 15) is 0 Å². The Hall–Kier alpha value is -2.27. The van der Waals surface area contributed by atoms with Gasteiger partial charge in [-0.3, -0.25) is 4.98 Å². The van der Waals surface area contributed by atoms with Crippen LogP contribution in [0.25, 0.3) is 0 Å². The average Bonchev–Trinajstić information content (AvgIpc) is 2.95. The molecule has 2 aliphatic rings. The van der Waals surface area contributed by atoms with E-state index in [1.165, 1.54) is 6.42 Å². The molecule has 0 saturated carbocycles. The van der Waals surface area contributed by atoms with Gasteiger partial charge in [0, 0.05) is 31.7 Å². The van der Waals surface area contributed by atoms with Gasteiger partial charge in [0.15, 0.2) is 0 Å². The van der Waals surface area contributed by atoms with Gasteiger partial charge in [0.25, 0.3) is 0 Å². The molecule has 2 unspecified atom stereocenters. The van der Waals surface area contributed by atoms with E-state index in [0.717, 1.165) is 48.5 Å². The van der Waals surface area contributed by atoms with Crippen molar-refractivity contribution in [3.05, 3.63) is 42.7 Å². The minimum atomic E-state index is 0.611. The third kappa shape index (κ3) is 3.31. The smallest absolute Gasteiger partial charge is 0.147 e. The summed E-state index contributed by atoms with van der Waals surface area (Å²) in [7, 11) is 0. The van der Waals surface area contributed by atoms with Gasteiger partial charge in [-0.2, -0.15) is 0 Å². The van der Waals surface area contributed by atoms with Crippen molar-refractivity contribution in [3.8, 4) is 17.2 Å². The number of fused-ring (bicyclic) bond motifs is 2. The fraction of sp³-hybridized carbons (Fsp3) is 0.421. The monoisotopic (exact) mass is 325 g/mol. The third-order valence-electron chi connectivity index (χ3n) is 4.67. The molecule has 0 radical (unpaired) electrons. The average molecular weight is 325 g/mol. The molecule has 1 N–H and O–H groups in total. The Bertz CT molecular complexity index is 677. The zero-order valence-electron chi connectivity index (χ0n) is 13.9. The van der Waals surface area contributed by atoms with E-state index >= 15 is 0 Å². The molecule has 0 spiro atoms. The molecule has 2 fully saturated rings. The van der Waals surface area contributed by atoms with E-state index < -0.39 is 0 Å². The molecule has 126 valence electrons. The summed E-state index contributed by atoms with van der Waals surface area (Å²) in [6, 6.07) is 10.4. The topological polar surface area (TPSA) is 46.6 Å². The lowest BCUT2D eigenvalue weighted by molar-refractivity contribution is 0.339. The number of piperidine rings is 1. The van der Waals surface area contributed by atoms with Gasteiger partial charge >= 0.3 is 0 Å². The first kappa shape index (κ1) is 15.3. The summed E-state index contributed by atoms with van der Waals surface area (Å²) < 4.78 is 11.4. The van der Waals surface area contributed by atoms with Gasteiger partial charge < -0.3 is 19.7 Å². The number of hydrogen-bond donors (Lipinski definition) is 1. The summed E-state index contributed by atoms with van der Waals surface area (Å²) in [5, 5.41) is 3.58. The number of pyridine rings is 1. The minimum absolute atomic E-state index is 0.611.